The van der Waals surface area contributed by atoms with E-state index in [1.165, 1.54) is 11.8 Å². The van der Waals surface area contributed by atoms with Gasteiger partial charge in [-0.25, -0.2) is 4.79 Å². The molecular formula is C22H21N5O5. The summed E-state index contributed by atoms with van der Waals surface area (Å²) in [4.78, 5) is 26.4. The monoisotopic (exact) mass is 435 g/mol. The Morgan fingerprint density at radius 3 is 2.56 bits per heavy atom. The molecule has 0 spiro atoms. The highest BCUT2D eigenvalue weighted by atomic mass is 16.5. The largest absolute Gasteiger partial charge is 0.497 e. The summed E-state index contributed by atoms with van der Waals surface area (Å²) in [6.45, 7) is 2.39. The van der Waals surface area contributed by atoms with E-state index < -0.39 is 12.0 Å². The lowest BCUT2D eigenvalue weighted by Crippen LogP contribution is -2.33. The molecule has 1 aromatic heterocycles. The molecule has 0 saturated heterocycles. The molecule has 32 heavy (non-hydrogen) atoms. The minimum Gasteiger partial charge on any atom is -0.497 e. The van der Waals surface area contributed by atoms with Crippen LogP contribution in [0.2, 0.25) is 0 Å². The van der Waals surface area contributed by atoms with Gasteiger partial charge >= 0.3 is 5.97 Å². The minimum atomic E-state index is -0.787. The number of methoxy groups -OCH3 is 2. The topological polar surface area (TPSA) is 117 Å². The molecule has 0 aliphatic carbocycles. The number of nitrogens with one attached hydrogen (secondary N) is 1. The summed E-state index contributed by atoms with van der Waals surface area (Å²) in [5.41, 5.74) is 1.15. The number of rotatable bonds is 7. The summed E-state index contributed by atoms with van der Waals surface area (Å²) < 4.78 is 17.2. The number of hydrogen-bond acceptors (Lipinski definition) is 9. The van der Waals surface area contributed by atoms with E-state index in [1.807, 2.05) is 13.0 Å². The Morgan fingerprint density at radius 2 is 1.88 bits per heavy atom. The van der Waals surface area contributed by atoms with Crippen LogP contribution in [0.25, 0.3) is 0 Å². The Morgan fingerprint density at radius 1 is 1.09 bits per heavy atom. The van der Waals surface area contributed by atoms with E-state index in [0.29, 0.717) is 29.2 Å². The van der Waals surface area contributed by atoms with Crippen LogP contribution >= 0.6 is 0 Å². The maximum absolute atomic E-state index is 13.7. The number of esters is 1. The fourth-order valence-electron chi connectivity index (χ4n) is 3.53. The van der Waals surface area contributed by atoms with Gasteiger partial charge in [0.05, 0.1) is 26.4 Å². The molecule has 10 heteroatoms. The molecule has 0 unspecified atom stereocenters. The molecule has 2 aromatic carbocycles. The number of benzene rings is 2. The number of nitrogens with zero attached hydrogens (tertiary/aromatic N) is 4. The van der Waals surface area contributed by atoms with Gasteiger partial charge in [-0.3, -0.25) is 4.79 Å². The van der Waals surface area contributed by atoms with E-state index in [9.17, 15) is 9.59 Å². The highest BCUT2D eigenvalue weighted by Crippen LogP contribution is 2.37. The first-order valence-electron chi connectivity index (χ1n) is 9.86. The number of Topliss-reactive ketones (excluding diaryl/α,β-unsaturated/α-hetero) is 1. The van der Waals surface area contributed by atoms with Crippen LogP contribution in [0.4, 0.5) is 5.95 Å². The molecule has 1 aliphatic rings. The molecule has 0 bridgehead atoms. The quantitative estimate of drug-likeness (QED) is 0.441. The number of carbonyl (C=O) groups is 2. The molecule has 1 aliphatic heterocycles. The Kier molecular flexibility index (Phi) is 5.84. The van der Waals surface area contributed by atoms with E-state index >= 15 is 0 Å². The number of ketones is 1. The predicted octanol–water partition coefficient (Wildman–Crippen LogP) is 2.41. The van der Waals surface area contributed by atoms with Crippen LogP contribution in [0, 0.1) is 0 Å². The second kappa shape index (κ2) is 8.88. The van der Waals surface area contributed by atoms with E-state index in [0.717, 1.165) is 0 Å². The van der Waals surface area contributed by atoms with Crippen molar-refractivity contribution in [2.75, 3.05) is 26.1 Å². The van der Waals surface area contributed by atoms with Crippen molar-refractivity contribution < 1.29 is 23.8 Å². The summed E-state index contributed by atoms with van der Waals surface area (Å²) in [7, 11) is 2.79. The van der Waals surface area contributed by atoms with Crippen molar-refractivity contribution in [1.82, 2.24) is 20.2 Å². The molecule has 164 valence electrons. The Hall–Kier alpha value is -4.21. The van der Waals surface area contributed by atoms with Crippen molar-refractivity contribution >= 4 is 17.7 Å². The van der Waals surface area contributed by atoms with Gasteiger partial charge in [0, 0.05) is 5.56 Å². The van der Waals surface area contributed by atoms with Gasteiger partial charge in [0.1, 0.15) is 23.2 Å². The van der Waals surface area contributed by atoms with Gasteiger partial charge in [0.15, 0.2) is 5.78 Å². The highest BCUT2D eigenvalue weighted by Gasteiger charge is 2.38. The van der Waals surface area contributed by atoms with Crippen molar-refractivity contribution in [3.05, 3.63) is 70.9 Å². The summed E-state index contributed by atoms with van der Waals surface area (Å²) >= 11 is 0. The summed E-state index contributed by atoms with van der Waals surface area (Å²) in [6.07, 6.45) is 0. The first-order valence-corrected chi connectivity index (χ1v) is 9.86. The van der Waals surface area contributed by atoms with Crippen LogP contribution in [-0.2, 0) is 9.53 Å². The van der Waals surface area contributed by atoms with Gasteiger partial charge < -0.3 is 19.5 Å². The zero-order chi connectivity index (χ0) is 22.7. The van der Waals surface area contributed by atoms with Gasteiger partial charge in [-0.1, -0.05) is 17.2 Å². The number of allylic oxidation sites excluding steroid dienone is 1. The maximum Gasteiger partial charge on any atom is 0.355 e. The molecule has 3 aromatic rings. The summed E-state index contributed by atoms with van der Waals surface area (Å²) in [5, 5.41) is 14.5. The number of tetrazole rings is 1. The van der Waals surface area contributed by atoms with Crippen molar-refractivity contribution in [1.29, 1.82) is 0 Å². The third-order valence-electron chi connectivity index (χ3n) is 4.99. The van der Waals surface area contributed by atoms with Gasteiger partial charge in [0.2, 0.25) is 5.95 Å². The molecule has 2 heterocycles. The number of carbonyl (C=O) groups excluding carboxylic acids is 2. The number of aromatic nitrogens is 4. The van der Waals surface area contributed by atoms with Crippen LogP contribution < -0.4 is 14.8 Å². The molecule has 10 nitrogen and oxygen atoms in total. The number of hydrogen-bond donors (Lipinski definition) is 1. The third kappa shape index (κ3) is 3.78. The minimum absolute atomic E-state index is 0.0264. The highest BCUT2D eigenvalue weighted by molar-refractivity contribution is 6.15. The van der Waals surface area contributed by atoms with Crippen LogP contribution in [0.5, 0.6) is 11.5 Å². The second-order valence-electron chi connectivity index (χ2n) is 6.82. The Balaban J connectivity index is 1.89. The normalized spacial score (nSPS) is 14.9. The Bertz CT molecular complexity index is 1190. The number of anilines is 1. The van der Waals surface area contributed by atoms with E-state index in [1.54, 1.807) is 49.6 Å². The Labute approximate surface area is 183 Å². The fourth-order valence-corrected chi connectivity index (χ4v) is 3.53. The lowest BCUT2D eigenvalue weighted by molar-refractivity contribution is -0.136. The standard InChI is InChI=1S/C22H21N5O5/c1-4-32-15-10-8-13(9-11-15)20(28)17-18(21(29)31-3)23-22-24-25-26-27(22)19(17)14-6-5-7-16(12-14)30-2/h5-12,19H,4H2,1-3H3,(H,23,24,26)/t19-/m0/s1. The van der Waals surface area contributed by atoms with E-state index in [4.69, 9.17) is 14.2 Å². The molecule has 1 N–H and O–H groups in total. The van der Waals surface area contributed by atoms with Crippen molar-refractivity contribution in [3.8, 4) is 11.5 Å². The van der Waals surface area contributed by atoms with Gasteiger partial charge in [-0.2, -0.15) is 4.68 Å². The summed E-state index contributed by atoms with van der Waals surface area (Å²) in [5.74, 6) is 0.348. The third-order valence-corrected chi connectivity index (χ3v) is 4.99. The molecule has 0 amide bonds. The fraction of sp³-hybridized carbons (Fsp3) is 0.227. The lowest BCUT2D eigenvalue weighted by atomic mass is 9.89. The average Bonchev–Trinajstić information content (AvgIpc) is 3.31. The first kappa shape index (κ1) is 21.0. The van der Waals surface area contributed by atoms with E-state index in [-0.39, 0.29) is 23.0 Å². The van der Waals surface area contributed by atoms with Crippen molar-refractivity contribution in [2.45, 2.75) is 13.0 Å². The molecule has 4 rings (SSSR count). The van der Waals surface area contributed by atoms with Crippen molar-refractivity contribution in [3.63, 3.8) is 0 Å². The second-order valence-corrected chi connectivity index (χ2v) is 6.82. The molecular weight excluding hydrogens is 414 g/mol. The van der Waals surface area contributed by atoms with Crippen molar-refractivity contribution in [2.24, 2.45) is 0 Å². The van der Waals surface area contributed by atoms with Gasteiger partial charge in [0.25, 0.3) is 0 Å². The van der Waals surface area contributed by atoms with E-state index in [2.05, 4.69) is 20.8 Å². The smallest absolute Gasteiger partial charge is 0.355 e. The number of fused-ring (bicyclic) bond motifs is 1. The predicted molar refractivity (Wildman–Crippen MR) is 114 cm³/mol. The summed E-state index contributed by atoms with van der Waals surface area (Å²) in [6, 6.07) is 13.1. The average molecular weight is 435 g/mol. The van der Waals surface area contributed by atoms with Crippen LogP contribution in [0.1, 0.15) is 28.9 Å². The zero-order valence-electron chi connectivity index (χ0n) is 17.7. The molecule has 0 radical (unpaired) electrons. The number of ether oxygens (including phenoxy) is 3. The van der Waals surface area contributed by atoms with Crippen LogP contribution in [0.15, 0.2) is 59.8 Å². The van der Waals surface area contributed by atoms with Crippen LogP contribution in [0.3, 0.4) is 0 Å². The molecule has 0 saturated carbocycles. The molecule has 0 fully saturated rings. The maximum atomic E-state index is 13.7. The SMILES string of the molecule is CCOc1ccc(C(=O)C2=C(C(=O)OC)Nc3nnnn3[C@H]2c2cccc(OC)c2)cc1. The van der Waals surface area contributed by atoms with Crippen LogP contribution in [-0.4, -0.2) is 52.8 Å². The molecule has 1 atom stereocenters. The zero-order valence-corrected chi connectivity index (χ0v) is 17.7. The first-order chi connectivity index (χ1) is 15.6. The lowest BCUT2D eigenvalue weighted by Gasteiger charge is -2.28. The van der Waals surface area contributed by atoms with Gasteiger partial charge in [-0.05, 0) is 59.3 Å². The van der Waals surface area contributed by atoms with Gasteiger partial charge in [-0.15, -0.1) is 0 Å².